The van der Waals surface area contributed by atoms with Crippen LogP contribution in [0.5, 0.6) is 0 Å². The van der Waals surface area contributed by atoms with Gasteiger partial charge in [-0.1, -0.05) is 121 Å². The van der Waals surface area contributed by atoms with Crippen molar-refractivity contribution in [3.05, 3.63) is 170 Å². The van der Waals surface area contributed by atoms with Gasteiger partial charge in [0.05, 0.1) is 16.7 Å². The molecule has 0 aliphatic rings. The first kappa shape index (κ1) is 24.2. The minimum atomic E-state index is 1.12. The second kappa shape index (κ2) is 10.1. The Morgan fingerprint density at radius 1 is 0.429 bits per heavy atom. The number of nitrogens with zero attached hydrogens (tertiary/aromatic N) is 2. The summed E-state index contributed by atoms with van der Waals surface area (Å²) in [6.45, 7) is 0. The van der Waals surface area contributed by atoms with Crippen molar-refractivity contribution in [2.24, 2.45) is 0 Å². The van der Waals surface area contributed by atoms with Crippen molar-refractivity contribution in [2.45, 2.75) is 0 Å². The summed E-state index contributed by atoms with van der Waals surface area (Å²) in [7, 11) is 0. The van der Waals surface area contributed by atoms with Gasteiger partial charge in [-0.3, -0.25) is 0 Å². The third-order valence-electron chi connectivity index (χ3n) is 8.14. The average Bonchev–Trinajstić information content (AvgIpc) is 3.42. The normalized spacial score (nSPS) is 11.3. The van der Waals surface area contributed by atoms with Crippen LogP contribution in [0.3, 0.4) is 0 Å². The van der Waals surface area contributed by atoms with E-state index in [2.05, 4.69) is 179 Å². The molecule has 1 heterocycles. The van der Waals surface area contributed by atoms with E-state index in [0.717, 1.165) is 22.7 Å². The minimum absolute atomic E-state index is 1.12. The van der Waals surface area contributed by atoms with Crippen LogP contribution in [-0.4, -0.2) is 4.57 Å². The molecule has 42 heavy (non-hydrogen) atoms. The summed E-state index contributed by atoms with van der Waals surface area (Å²) in [4.78, 5) is 2.40. The third-order valence-corrected chi connectivity index (χ3v) is 8.14. The summed E-state index contributed by atoms with van der Waals surface area (Å²) < 4.78 is 2.43. The van der Waals surface area contributed by atoms with Crippen molar-refractivity contribution in [3.8, 4) is 16.8 Å². The fourth-order valence-electron chi connectivity index (χ4n) is 6.30. The van der Waals surface area contributed by atoms with Gasteiger partial charge < -0.3 is 9.47 Å². The maximum absolute atomic E-state index is 2.43. The molecule has 0 radical (unpaired) electrons. The van der Waals surface area contributed by atoms with Crippen molar-refractivity contribution in [1.29, 1.82) is 0 Å². The summed E-state index contributed by atoms with van der Waals surface area (Å²) >= 11 is 0. The van der Waals surface area contributed by atoms with Crippen molar-refractivity contribution in [2.75, 3.05) is 4.90 Å². The Morgan fingerprint density at radius 3 is 1.88 bits per heavy atom. The van der Waals surface area contributed by atoms with Crippen LogP contribution >= 0.6 is 0 Å². The molecule has 1 aromatic heterocycles. The van der Waals surface area contributed by atoms with Gasteiger partial charge >= 0.3 is 0 Å². The molecule has 0 unspecified atom stereocenters. The van der Waals surface area contributed by atoms with Gasteiger partial charge in [0.2, 0.25) is 0 Å². The molecule has 0 atom stereocenters. The lowest BCUT2D eigenvalue weighted by molar-refractivity contribution is 1.18. The summed E-state index contributed by atoms with van der Waals surface area (Å²) in [5.41, 5.74) is 9.37. The second-order valence-corrected chi connectivity index (χ2v) is 10.6. The Bertz CT molecular complexity index is 2180. The molecule has 8 aromatic rings. The molecule has 198 valence electrons. The van der Waals surface area contributed by atoms with Crippen LogP contribution in [0.1, 0.15) is 0 Å². The van der Waals surface area contributed by atoms with Crippen molar-refractivity contribution < 1.29 is 0 Å². The van der Waals surface area contributed by atoms with E-state index in [9.17, 15) is 0 Å². The van der Waals surface area contributed by atoms with Crippen LogP contribution in [0, 0.1) is 0 Å². The van der Waals surface area contributed by atoms with Gasteiger partial charge in [-0.2, -0.15) is 0 Å². The number of hydrogen-bond acceptors (Lipinski definition) is 1. The molecular formula is C40H28N2. The van der Waals surface area contributed by atoms with Gasteiger partial charge in [0.15, 0.2) is 0 Å². The highest BCUT2D eigenvalue weighted by Crippen LogP contribution is 2.45. The highest BCUT2D eigenvalue weighted by molar-refractivity contribution is 6.22. The topological polar surface area (TPSA) is 8.17 Å². The van der Waals surface area contributed by atoms with E-state index in [-0.39, 0.29) is 0 Å². The Kier molecular flexibility index (Phi) is 5.82. The summed E-state index contributed by atoms with van der Waals surface area (Å²) in [6.07, 6.45) is 0. The molecule has 8 rings (SSSR count). The highest BCUT2D eigenvalue weighted by Gasteiger charge is 2.22. The van der Waals surface area contributed by atoms with Crippen LogP contribution in [0.2, 0.25) is 0 Å². The summed E-state index contributed by atoms with van der Waals surface area (Å²) in [5.74, 6) is 0. The van der Waals surface area contributed by atoms with Gasteiger partial charge in [-0.05, 0) is 65.0 Å². The molecule has 0 spiro atoms. The van der Waals surface area contributed by atoms with Gasteiger partial charge in [0.25, 0.3) is 0 Å². The van der Waals surface area contributed by atoms with Crippen LogP contribution < -0.4 is 4.90 Å². The van der Waals surface area contributed by atoms with Crippen LogP contribution in [0.25, 0.3) is 49.4 Å². The molecule has 0 amide bonds. The average molecular weight is 537 g/mol. The lowest BCUT2D eigenvalue weighted by Gasteiger charge is -2.27. The number of aromatic nitrogens is 1. The van der Waals surface area contributed by atoms with E-state index in [1.807, 2.05) is 0 Å². The molecule has 7 aromatic carbocycles. The summed E-state index contributed by atoms with van der Waals surface area (Å²) in [6, 6.07) is 60.8. The number of anilines is 3. The third kappa shape index (κ3) is 3.96. The van der Waals surface area contributed by atoms with Gasteiger partial charge in [-0.15, -0.1) is 0 Å². The Hall–Kier alpha value is -5.60. The molecule has 2 heteroatoms. The minimum Gasteiger partial charge on any atom is -0.310 e. The van der Waals surface area contributed by atoms with Gasteiger partial charge in [0.1, 0.15) is 0 Å². The van der Waals surface area contributed by atoms with Crippen LogP contribution in [-0.2, 0) is 0 Å². The van der Waals surface area contributed by atoms with Crippen molar-refractivity contribution in [3.63, 3.8) is 0 Å². The van der Waals surface area contributed by atoms with Crippen LogP contribution in [0.15, 0.2) is 170 Å². The largest absolute Gasteiger partial charge is 0.310 e. The van der Waals surface area contributed by atoms with E-state index in [0.29, 0.717) is 0 Å². The molecule has 0 saturated carbocycles. The van der Waals surface area contributed by atoms with Gasteiger partial charge in [-0.25, -0.2) is 0 Å². The quantitative estimate of drug-likeness (QED) is 0.212. The Balaban J connectivity index is 1.47. The number of para-hydroxylation sites is 2. The molecule has 0 bridgehead atoms. The molecule has 2 nitrogen and oxygen atoms in total. The second-order valence-electron chi connectivity index (χ2n) is 10.6. The van der Waals surface area contributed by atoms with E-state index in [1.54, 1.807) is 0 Å². The van der Waals surface area contributed by atoms with E-state index in [1.165, 1.54) is 43.7 Å². The number of fused-ring (bicyclic) bond motifs is 5. The molecule has 0 aliphatic heterocycles. The lowest BCUT2D eigenvalue weighted by Crippen LogP contribution is -2.10. The zero-order chi connectivity index (χ0) is 27.9. The first-order chi connectivity index (χ1) is 20.9. The monoisotopic (exact) mass is 536 g/mol. The number of hydrogen-bond donors (Lipinski definition) is 0. The zero-order valence-electron chi connectivity index (χ0n) is 23.1. The molecule has 0 fully saturated rings. The van der Waals surface area contributed by atoms with E-state index >= 15 is 0 Å². The first-order valence-corrected chi connectivity index (χ1v) is 14.4. The van der Waals surface area contributed by atoms with Crippen LogP contribution in [0.4, 0.5) is 17.1 Å². The molecular weight excluding hydrogens is 508 g/mol. The number of benzene rings is 7. The number of rotatable bonds is 5. The predicted molar refractivity (Wildman–Crippen MR) is 178 cm³/mol. The Labute approximate surface area is 245 Å². The fraction of sp³-hybridized carbons (Fsp3) is 0. The van der Waals surface area contributed by atoms with Crippen molar-refractivity contribution >= 4 is 49.6 Å². The Morgan fingerprint density at radius 2 is 1.07 bits per heavy atom. The van der Waals surface area contributed by atoms with Gasteiger partial charge in [0, 0.05) is 33.2 Å². The maximum atomic E-state index is 2.43. The smallest absolute Gasteiger partial charge is 0.0620 e. The highest BCUT2D eigenvalue weighted by atomic mass is 15.1. The molecule has 0 N–H and O–H groups in total. The standard InChI is InChI=1S/C40H28N2/c1-4-14-29(15-5-1)31-17-12-22-34(28-31)41(32-18-6-2-7-19-32)37-24-13-25-38-39(37)36-27-26-30-16-10-11-23-35(30)40(36)42(38)33-20-8-3-9-21-33/h1-28H. The summed E-state index contributed by atoms with van der Waals surface area (Å²) in [5, 5.41) is 4.96. The predicted octanol–water partition coefficient (Wildman–Crippen LogP) is 11.1. The zero-order valence-corrected chi connectivity index (χ0v) is 23.1. The fourth-order valence-corrected chi connectivity index (χ4v) is 6.30. The first-order valence-electron chi connectivity index (χ1n) is 14.4. The molecule has 0 saturated heterocycles. The maximum Gasteiger partial charge on any atom is 0.0620 e. The van der Waals surface area contributed by atoms with E-state index in [4.69, 9.17) is 0 Å². The molecule has 0 aliphatic carbocycles. The lowest BCUT2D eigenvalue weighted by atomic mass is 10.0. The van der Waals surface area contributed by atoms with Crippen molar-refractivity contribution in [1.82, 2.24) is 4.57 Å². The SMILES string of the molecule is c1ccc(-c2cccc(N(c3ccccc3)c3cccc4c3c3ccc5ccccc5c3n4-c3ccccc3)c2)cc1. The van der Waals surface area contributed by atoms with E-state index < -0.39 is 0 Å².